The van der Waals surface area contributed by atoms with Gasteiger partial charge in [0.05, 0.1) is 0 Å². The molecule has 19 heavy (non-hydrogen) atoms. The number of rotatable bonds is 4. The predicted octanol–water partition coefficient (Wildman–Crippen LogP) is -0.449. The second-order valence-electron chi connectivity index (χ2n) is 5.09. The topological polar surface area (TPSA) is 90.2 Å². The van der Waals surface area contributed by atoms with Crippen LogP contribution >= 0.6 is 0 Å². The molecule has 108 valence electrons. The fourth-order valence-corrected chi connectivity index (χ4v) is 3.10. The Labute approximate surface area is 111 Å². The lowest BCUT2D eigenvalue weighted by Gasteiger charge is -2.24. The highest BCUT2D eigenvalue weighted by atomic mass is 32.2. The van der Waals surface area contributed by atoms with Gasteiger partial charge in [0.25, 0.3) is 5.56 Å². The van der Waals surface area contributed by atoms with E-state index in [1.54, 1.807) is 13.8 Å². The van der Waals surface area contributed by atoms with Crippen molar-refractivity contribution in [2.24, 2.45) is 14.1 Å². The molecule has 1 aromatic heterocycles. The van der Waals surface area contributed by atoms with Gasteiger partial charge < -0.3 is 4.57 Å². The van der Waals surface area contributed by atoms with E-state index in [0.717, 1.165) is 15.3 Å². The first kappa shape index (κ1) is 15.6. The number of nitrogens with one attached hydrogen (secondary N) is 1. The molecule has 0 aliphatic carbocycles. The molecule has 1 N–H and O–H groups in total. The average molecular weight is 289 g/mol. The van der Waals surface area contributed by atoms with Crippen molar-refractivity contribution in [3.63, 3.8) is 0 Å². The Morgan fingerprint density at radius 1 is 1.26 bits per heavy atom. The first-order valence-electron chi connectivity index (χ1n) is 5.82. The van der Waals surface area contributed by atoms with Crippen LogP contribution in [-0.2, 0) is 24.1 Å². The molecule has 1 rings (SSSR count). The minimum atomic E-state index is -3.97. The highest BCUT2D eigenvalue weighted by Crippen LogP contribution is 2.12. The van der Waals surface area contributed by atoms with Gasteiger partial charge in [0.1, 0.15) is 0 Å². The van der Waals surface area contributed by atoms with Crippen LogP contribution in [0.2, 0.25) is 0 Å². The molecule has 0 spiro atoms. The number of nitrogens with zero attached hydrogens (tertiary/aromatic N) is 2. The summed E-state index contributed by atoms with van der Waals surface area (Å²) >= 11 is 0. The smallest absolute Gasteiger partial charge is 0.302 e. The normalized spacial score (nSPS) is 12.7. The third-order valence-electron chi connectivity index (χ3n) is 3.00. The van der Waals surface area contributed by atoms with E-state index in [1.807, 2.05) is 6.92 Å². The average Bonchev–Trinajstić information content (AvgIpc) is 2.29. The van der Waals surface area contributed by atoms with Crippen LogP contribution < -0.4 is 16.0 Å². The largest absolute Gasteiger partial charge is 0.330 e. The van der Waals surface area contributed by atoms with Crippen LogP contribution in [-0.4, -0.2) is 23.1 Å². The van der Waals surface area contributed by atoms with Gasteiger partial charge in [-0.1, -0.05) is 6.92 Å². The Bertz CT molecular complexity index is 698. The molecule has 1 aromatic rings. The van der Waals surface area contributed by atoms with E-state index in [-0.39, 0.29) is 0 Å². The quantitative estimate of drug-likeness (QED) is 0.813. The van der Waals surface area contributed by atoms with Gasteiger partial charge in [-0.05, 0) is 20.3 Å². The summed E-state index contributed by atoms with van der Waals surface area (Å²) in [5.41, 5.74) is -2.07. The molecular weight excluding hydrogens is 270 g/mol. The molecule has 8 heteroatoms. The van der Waals surface area contributed by atoms with Crippen LogP contribution in [0.4, 0.5) is 0 Å². The number of hydrogen-bond acceptors (Lipinski definition) is 4. The highest BCUT2D eigenvalue weighted by molar-refractivity contribution is 7.89. The first-order valence-corrected chi connectivity index (χ1v) is 7.31. The molecule has 0 atom stereocenters. The number of aromatic nitrogens is 2. The molecule has 0 bridgehead atoms. The molecule has 1 heterocycles. The molecular formula is C11H19N3O4S. The summed E-state index contributed by atoms with van der Waals surface area (Å²) in [4.78, 5) is 23.0. The van der Waals surface area contributed by atoms with E-state index in [1.165, 1.54) is 14.1 Å². The van der Waals surface area contributed by atoms with Crippen LogP contribution in [0.3, 0.4) is 0 Å². The minimum absolute atomic E-state index is 0.432. The van der Waals surface area contributed by atoms with Crippen molar-refractivity contribution in [2.45, 2.75) is 37.6 Å². The second kappa shape index (κ2) is 4.93. The van der Waals surface area contributed by atoms with E-state index in [4.69, 9.17) is 0 Å². The van der Waals surface area contributed by atoms with E-state index in [9.17, 15) is 18.0 Å². The Hall–Kier alpha value is -1.41. The maximum Gasteiger partial charge on any atom is 0.330 e. The van der Waals surface area contributed by atoms with E-state index in [0.29, 0.717) is 6.42 Å². The van der Waals surface area contributed by atoms with Gasteiger partial charge in [0, 0.05) is 25.8 Å². The van der Waals surface area contributed by atoms with Gasteiger partial charge in [-0.2, -0.15) is 0 Å². The van der Waals surface area contributed by atoms with Gasteiger partial charge in [0.15, 0.2) is 4.90 Å². The Kier molecular flexibility index (Phi) is 4.06. The highest BCUT2D eigenvalue weighted by Gasteiger charge is 2.28. The first-order chi connectivity index (χ1) is 8.52. The molecule has 0 unspecified atom stereocenters. The summed E-state index contributed by atoms with van der Waals surface area (Å²) < 4.78 is 28.7. The fourth-order valence-electron chi connectivity index (χ4n) is 1.45. The summed E-state index contributed by atoms with van der Waals surface area (Å²) in [6, 6.07) is 0. The van der Waals surface area contributed by atoms with Crippen LogP contribution in [0.5, 0.6) is 0 Å². The van der Waals surface area contributed by atoms with Crippen LogP contribution in [0.1, 0.15) is 27.2 Å². The molecule has 0 radical (unpaired) electrons. The summed E-state index contributed by atoms with van der Waals surface area (Å²) in [5, 5.41) is 0. The number of hydrogen-bond donors (Lipinski definition) is 1. The maximum atomic E-state index is 12.2. The van der Waals surface area contributed by atoms with Crippen molar-refractivity contribution in [3.8, 4) is 0 Å². The minimum Gasteiger partial charge on any atom is -0.302 e. The summed E-state index contributed by atoms with van der Waals surface area (Å²) in [6.45, 7) is 5.27. The SMILES string of the molecule is CCC(C)(C)NS(=O)(=O)c1cn(C)c(=O)n(C)c1=O. The number of sulfonamides is 1. The lowest BCUT2D eigenvalue weighted by atomic mass is 10.0. The Morgan fingerprint density at radius 3 is 2.26 bits per heavy atom. The zero-order valence-electron chi connectivity index (χ0n) is 11.7. The molecule has 0 aromatic carbocycles. The lowest BCUT2D eigenvalue weighted by Crippen LogP contribution is -2.47. The molecule has 7 nitrogen and oxygen atoms in total. The molecule has 0 fully saturated rings. The summed E-state index contributed by atoms with van der Waals surface area (Å²) in [7, 11) is -1.33. The third-order valence-corrected chi connectivity index (χ3v) is 4.68. The molecule has 0 aliphatic heterocycles. The van der Waals surface area contributed by atoms with Crippen LogP contribution in [0.15, 0.2) is 20.7 Å². The monoisotopic (exact) mass is 289 g/mol. The standard InChI is InChI=1S/C11H19N3O4S/c1-6-11(2,3)12-19(17,18)8-7-13(4)10(16)14(5)9(8)15/h7,12H,6H2,1-5H3. The van der Waals surface area contributed by atoms with Gasteiger partial charge in [0.2, 0.25) is 10.0 Å². The zero-order chi connectivity index (χ0) is 15.0. The van der Waals surface area contributed by atoms with E-state index < -0.39 is 31.7 Å². The van der Waals surface area contributed by atoms with E-state index in [2.05, 4.69) is 4.72 Å². The Morgan fingerprint density at radius 2 is 1.79 bits per heavy atom. The predicted molar refractivity (Wildman–Crippen MR) is 71.6 cm³/mol. The molecule has 0 saturated heterocycles. The van der Waals surface area contributed by atoms with Gasteiger partial charge in [-0.3, -0.25) is 9.36 Å². The van der Waals surface area contributed by atoms with Crippen molar-refractivity contribution >= 4 is 10.0 Å². The Balaban J connectivity index is 3.48. The van der Waals surface area contributed by atoms with Gasteiger partial charge >= 0.3 is 5.69 Å². The van der Waals surface area contributed by atoms with Crippen LogP contribution in [0.25, 0.3) is 0 Å². The molecule has 0 saturated carbocycles. The lowest BCUT2D eigenvalue weighted by molar-refractivity contribution is 0.438. The van der Waals surface area contributed by atoms with Crippen molar-refractivity contribution in [2.75, 3.05) is 0 Å². The third kappa shape index (κ3) is 3.13. The van der Waals surface area contributed by atoms with E-state index >= 15 is 0 Å². The summed E-state index contributed by atoms with van der Waals surface area (Å²) in [5.74, 6) is 0. The van der Waals surface area contributed by atoms with Crippen LogP contribution in [0, 0.1) is 0 Å². The molecule has 0 aliphatic rings. The number of aryl methyl sites for hydroxylation is 1. The van der Waals surface area contributed by atoms with Crippen molar-refractivity contribution in [1.29, 1.82) is 0 Å². The second-order valence-corrected chi connectivity index (χ2v) is 6.74. The fraction of sp³-hybridized carbons (Fsp3) is 0.636. The maximum absolute atomic E-state index is 12.2. The van der Waals surface area contributed by atoms with Crippen molar-refractivity contribution in [3.05, 3.63) is 27.0 Å². The van der Waals surface area contributed by atoms with Crippen molar-refractivity contribution in [1.82, 2.24) is 13.9 Å². The van der Waals surface area contributed by atoms with Crippen molar-refractivity contribution < 1.29 is 8.42 Å². The van der Waals surface area contributed by atoms with Gasteiger partial charge in [-0.25, -0.2) is 17.9 Å². The summed E-state index contributed by atoms with van der Waals surface area (Å²) in [6.07, 6.45) is 1.61. The van der Waals surface area contributed by atoms with Gasteiger partial charge in [-0.15, -0.1) is 0 Å². The molecule has 0 amide bonds. The zero-order valence-corrected chi connectivity index (χ0v) is 12.5.